The summed E-state index contributed by atoms with van der Waals surface area (Å²) in [5, 5.41) is 8.96. The van der Waals surface area contributed by atoms with E-state index in [1.807, 2.05) is 54.6 Å². The third kappa shape index (κ3) is 5.82. The third-order valence-electron chi connectivity index (χ3n) is 4.98. The van der Waals surface area contributed by atoms with Crippen LogP contribution in [0.15, 0.2) is 54.6 Å². The predicted octanol–water partition coefficient (Wildman–Crippen LogP) is 3.18. The van der Waals surface area contributed by atoms with Gasteiger partial charge in [0.2, 0.25) is 0 Å². The molecule has 1 amide bonds. The van der Waals surface area contributed by atoms with E-state index < -0.39 is 6.09 Å². The number of carboxylic acid groups (broad SMARTS) is 1. The SMILES string of the molecule is O=C(CCc1ccccc1)c1ccc(OCCN2CCN(C(=O)O)CC2)cc1. The fourth-order valence-corrected chi connectivity index (χ4v) is 3.24. The smallest absolute Gasteiger partial charge is 0.407 e. The molecule has 0 aliphatic carbocycles. The molecular weight excluding hydrogens is 356 g/mol. The molecule has 0 radical (unpaired) electrons. The van der Waals surface area contributed by atoms with Crippen molar-refractivity contribution in [1.29, 1.82) is 0 Å². The molecule has 3 rings (SSSR count). The molecule has 0 bridgehead atoms. The maximum absolute atomic E-state index is 12.3. The summed E-state index contributed by atoms with van der Waals surface area (Å²) < 4.78 is 5.76. The Morgan fingerprint density at radius 3 is 2.25 bits per heavy atom. The van der Waals surface area contributed by atoms with Gasteiger partial charge in [-0.05, 0) is 36.2 Å². The molecular formula is C22H26N2O4. The van der Waals surface area contributed by atoms with Gasteiger partial charge in [-0.25, -0.2) is 4.79 Å². The van der Waals surface area contributed by atoms with Crippen LogP contribution in [0, 0.1) is 0 Å². The van der Waals surface area contributed by atoms with Gasteiger partial charge < -0.3 is 14.7 Å². The van der Waals surface area contributed by atoms with Crippen LogP contribution in [0.2, 0.25) is 0 Å². The van der Waals surface area contributed by atoms with E-state index in [1.165, 1.54) is 10.5 Å². The van der Waals surface area contributed by atoms with E-state index in [0.717, 1.165) is 31.8 Å². The quantitative estimate of drug-likeness (QED) is 0.710. The maximum atomic E-state index is 12.3. The number of rotatable bonds is 8. The van der Waals surface area contributed by atoms with Crippen LogP contribution in [0.4, 0.5) is 4.79 Å². The normalized spacial score (nSPS) is 14.6. The zero-order valence-electron chi connectivity index (χ0n) is 15.9. The van der Waals surface area contributed by atoms with Crippen molar-refractivity contribution in [1.82, 2.24) is 9.80 Å². The van der Waals surface area contributed by atoms with E-state index in [1.54, 1.807) is 0 Å². The van der Waals surface area contributed by atoms with Crippen LogP contribution in [0.25, 0.3) is 0 Å². The topological polar surface area (TPSA) is 70.1 Å². The number of hydrogen-bond acceptors (Lipinski definition) is 4. The summed E-state index contributed by atoms with van der Waals surface area (Å²) in [5.41, 5.74) is 1.87. The van der Waals surface area contributed by atoms with Gasteiger partial charge in [0, 0.05) is 44.7 Å². The second kappa shape index (κ2) is 9.90. The number of Topliss-reactive ketones (excluding diaryl/α,β-unsaturated/α-hetero) is 1. The van der Waals surface area contributed by atoms with Crippen molar-refractivity contribution in [3.05, 3.63) is 65.7 Å². The molecule has 1 N–H and O–H groups in total. The first kappa shape index (κ1) is 19.9. The first-order chi connectivity index (χ1) is 13.6. The van der Waals surface area contributed by atoms with Crippen LogP contribution < -0.4 is 4.74 Å². The first-order valence-electron chi connectivity index (χ1n) is 9.62. The molecule has 2 aromatic rings. The van der Waals surface area contributed by atoms with E-state index in [4.69, 9.17) is 9.84 Å². The van der Waals surface area contributed by atoms with Crippen LogP contribution in [-0.4, -0.2) is 66.1 Å². The molecule has 6 heteroatoms. The van der Waals surface area contributed by atoms with E-state index in [2.05, 4.69) is 4.90 Å². The van der Waals surface area contributed by atoms with Gasteiger partial charge >= 0.3 is 6.09 Å². The average Bonchev–Trinajstić information content (AvgIpc) is 2.73. The minimum Gasteiger partial charge on any atom is -0.492 e. The molecule has 148 valence electrons. The highest BCUT2D eigenvalue weighted by Gasteiger charge is 2.19. The molecule has 1 fully saturated rings. The lowest BCUT2D eigenvalue weighted by Gasteiger charge is -2.32. The summed E-state index contributed by atoms with van der Waals surface area (Å²) in [5.74, 6) is 0.871. The van der Waals surface area contributed by atoms with Crippen molar-refractivity contribution in [3.8, 4) is 5.75 Å². The number of benzene rings is 2. The Balaban J connectivity index is 1.38. The number of carbonyl (C=O) groups excluding carboxylic acids is 1. The molecule has 1 saturated heterocycles. The Morgan fingerprint density at radius 2 is 1.61 bits per heavy atom. The summed E-state index contributed by atoms with van der Waals surface area (Å²) in [4.78, 5) is 26.9. The van der Waals surface area contributed by atoms with E-state index in [9.17, 15) is 9.59 Å². The number of ketones is 1. The zero-order valence-corrected chi connectivity index (χ0v) is 15.9. The van der Waals surface area contributed by atoms with Crippen LogP contribution in [0.1, 0.15) is 22.3 Å². The number of carbonyl (C=O) groups is 2. The lowest BCUT2D eigenvalue weighted by molar-refractivity contribution is 0.0980. The summed E-state index contributed by atoms with van der Waals surface area (Å²) in [6, 6.07) is 17.3. The number of nitrogens with zero attached hydrogens (tertiary/aromatic N) is 2. The summed E-state index contributed by atoms with van der Waals surface area (Å²) in [6.07, 6.45) is 0.383. The number of hydrogen-bond donors (Lipinski definition) is 1. The summed E-state index contributed by atoms with van der Waals surface area (Å²) in [6.45, 7) is 3.82. The minimum absolute atomic E-state index is 0.131. The molecule has 1 aliphatic heterocycles. The van der Waals surface area contributed by atoms with Gasteiger partial charge in [0.25, 0.3) is 0 Å². The number of ether oxygens (including phenoxy) is 1. The molecule has 0 saturated carbocycles. The van der Waals surface area contributed by atoms with E-state index in [-0.39, 0.29) is 5.78 Å². The molecule has 0 aromatic heterocycles. The Kier molecular flexibility index (Phi) is 7.03. The van der Waals surface area contributed by atoms with Gasteiger partial charge in [-0.3, -0.25) is 9.69 Å². The Bertz CT molecular complexity index is 769. The predicted molar refractivity (Wildman–Crippen MR) is 107 cm³/mol. The molecule has 0 spiro atoms. The van der Waals surface area contributed by atoms with Crippen molar-refractivity contribution in [2.24, 2.45) is 0 Å². The first-order valence-corrected chi connectivity index (χ1v) is 9.62. The third-order valence-corrected chi connectivity index (χ3v) is 4.98. The largest absolute Gasteiger partial charge is 0.492 e. The van der Waals surface area contributed by atoms with Gasteiger partial charge in [-0.15, -0.1) is 0 Å². The molecule has 1 heterocycles. The van der Waals surface area contributed by atoms with Crippen molar-refractivity contribution in [2.45, 2.75) is 12.8 Å². The molecule has 0 unspecified atom stereocenters. The van der Waals surface area contributed by atoms with Gasteiger partial charge in [0.15, 0.2) is 5.78 Å². The van der Waals surface area contributed by atoms with E-state index >= 15 is 0 Å². The standard InChI is InChI=1S/C22H26N2O4/c25-21(11-6-18-4-2-1-3-5-18)19-7-9-20(10-8-19)28-17-16-23-12-14-24(15-13-23)22(26)27/h1-5,7-10H,6,11-17H2,(H,26,27). The van der Waals surface area contributed by atoms with Gasteiger partial charge in [-0.2, -0.15) is 0 Å². The average molecular weight is 382 g/mol. The van der Waals surface area contributed by atoms with Gasteiger partial charge in [-0.1, -0.05) is 30.3 Å². The fraction of sp³-hybridized carbons (Fsp3) is 0.364. The number of amides is 1. The van der Waals surface area contributed by atoms with Crippen molar-refractivity contribution < 1.29 is 19.4 Å². The lowest BCUT2D eigenvalue weighted by Crippen LogP contribution is -2.49. The lowest BCUT2D eigenvalue weighted by atomic mass is 10.0. The van der Waals surface area contributed by atoms with Crippen molar-refractivity contribution in [2.75, 3.05) is 39.3 Å². The highest BCUT2D eigenvalue weighted by atomic mass is 16.5. The molecule has 28 heavy (non-hydrogen) atoms. The van der Waals surface area contributed by atoms with Crippen LogP contribution >= 0.6 is 0 Å². The minimum atomic E-state index is -0.852. The van der Waals surface area contributed by atoms with Crippen LogP contribution in [0.3, 0.4) is 0 Å². The highest BCUT2D eigenvalue weighted by Crippen LogP contribution is 2.15. The monoisotopic (exact) mass is 382 g/mol. The zero-order chi connectivity index (χ0) is 19.8. The Morgan fingerprint density at radius 1 is 0.929 bits per heavy atom. The Hall–Kier alpha value is -2.86. The maximum Gasteiger partial charge on any atom is 0.407 e. The Labute approximate surface area is 165 Å². The number of piperazine rings is 1. The molecule has 6 nitrogen and oxygen atoms in total. The summed E-state index contributed by atoms with van der Waals surface area (Å²) >= 11 is 0. The van der Waals surface area contributed by atoms with Gasteiger partial charge in [0.05, 0.1) is 0 Å². The second-order valence-electron chi connectivity index (χ2n) is 6.89. The molecule has 2 aromatic carbocycles. The fourth-order valence-electron chi connectivity index (χ4n) is 3.24. The number of aryl methyl sites for hydroxylation is 1. The van der Waals surface area contributed by atoms with E-state index in [0.29, 0.717) is 31.7 Å². The molecule has 0 atom stereocenters. The second-order valence-corrected chi connectivity index (χ2v) is 6.89. The van der Waals surface area contributed by atoms with Crippen LogP contribution in [0.5, 0.6) is 5.75 Å². The van der Waals surface area contributed by atoms with Crippen molar-refractivity contribution in [3.63, 3.8) is 0 Å². The van der Waals surface area contributed by atoms with Crippen molar-refractivity contribution >= 4 is 11.9 Å². The van der Waals surface area contributed by atoms with Gasteiger partial charge in [0.1, 0.15) is 12.4 Å². The molecule has 1 aliphatic rings. The highest BCUT2D eigenvalue weighted by molar-refractivity contribution is 5.96. The summed E-state index contributed by atoms with van der Waals surface area (Å²) in [7, 11) is 0. The van der Waals surface area contributed by atoms with Crippen LogP contribution in [-0.2, 0) is 6.42 Å².